The van der Waals surface area contributed by atoms with Gasteiger partial charge in [-0.2, -0.15) is 5.10 Å². The molecule has 1 unspecified atom stereocenters. The lowest BCUT2D eigenvalue weighted by Gasteiger charge is -2.36. The van der Waals surface area contributed by atoms with Crippen molar-refractivity contribution < 1.29 is 14.3 Å². The molecule has 3 fully saturated rings. The molecule has 158 valence electrons. The Hall–Kier alpha value is -2.67. The van der Waals surface area contributed by atoms with Crippen LogP contribution in [-0.4, -0.2) is 70.7 Å². The first-order valence-corrected chi connectivity index (χ1v) is 11.0. The zero-order chi connectivity index (χ0) is 20.6. The summed E-state index contributed by atoms with van der Waals surface area (Å²) in [5, 5.41) is 6.89. The number of piperidine rings is 1. The van der Waals surface area contributed by atoms with Gasteiger partial charge in [0.25, 0.3) is 5.91 Å². The Kier molecular flexibility index (Phi) is 5.06. The highest BCUT2D eigenvalue weighted by Gasteiger charge is 2.51. The van der Waals surface area contributed by atoms with Crippen LogP contribution in [0.5, 0.6) is 0 Å². The number of hydrogen-bond donors (Lipinski definition) is 1. The normalized spacial score (nSPS) is 23.8. The average Bonchev–Trinajstić information content (AvgIpc) is 3.52. The van der Waals surface area contributed by atoms with Gasteiger partial charge in [-0.05, 0) is 62.5 Å². The van der Waals surface area contributed by atoms with Crippen LogP contribution in [0.3, 0.4) is 0 Å². The summed E-state index contributed by atoms with van der Waals surface area (Å²) >= 11 is 0. The number of amides is 1. The Morgan fingerprint density at radius 2 is 1.83 bits per heavy atom. The van der Waals surface area contributed by atoms with Gasteiger partial charge in [-0.25, -0.2) is 0 Å². The first-order chi connectivity index (χ1) is 14.6. The maximum Gasteiger partial charge on any atom is 0.312 e. The Morgan fingerprint density at radius 1 is 1.10 bits per heavy atom. The number of carbonyl (C=O) groups is 2. The number of hydrogen-bond acceptors (Lipinski definition) is 5. The van der Waals surface area contributed by atoms with Gasteiger partial charge in [0, 0.05) is 37.8 Å². The molecule has 2 aromatic rings. The third kappa shape index (κ3) is 3.62. The van der Waals surface area contributed by atoms with Crippen LogP contribution in [0.15, 0.2) is 36.5 Å². The molecule has 1 spiro atoms. The number of rotatable bonds is 4. The van der Waals surface area contributed by atoms with Crippen LogP contribution in [-0.2, 0) is 9.53 Å². The summed E-state index contributed by atoms with van der Waals surface area (Å²) in [5.74, 6) is -0.0244. The summed E-state index contributed by atoms with van der Waals surface area (Å²) in [6, 6.07) is 9.49. The van der Waals surface area contributed by atoms with Crippen molar-refractivity contribution in [3.05, 3.63) is 42.1 Å². The molecule has 3 saturated heterocycles. The van der Waals surface area contributed by atoms with Gasteiger partial charge >= 0.3 is 5.97 Å². The van der Waals surface area contributed by atoms with E-state index in [1.807, 2.05) is 35.2 Å². The van der Waals surface area contributed by atoms with E-state index in [2.05, 4.69) is 15.1 Å². The number of ether oxygens (including phenoxy) is 1. The molecular formula is C23H28N4O3. The van der Waals surface area contributed by atoms with Crippen molar-refractivity contribution in [2.45, 2.75) is 38.2 Å². The van der Waals surface area contributed by atoms with Gasteiger partial charge in [0.1, 0.15) is 6.10 Å². The predicted molar refractivity (Wildman–Crippen MR) is 112 cm³/mol. The van der Waals surface area contributed by atoms with E-state index in [4.69, 9.17) is 4.74 Å². The summed E-state index contributed by atoms with van der Waals surface area (Å²) in [6.07, 6.45) is 6.39. The highest BCUT2D eigenvalue weighted by Crippen LogP contribution is 2.43. The van der Waals surface area contributed by atoms with E-state index >= 15 is 0 Å². The second kappa shape index (κ2) is 7.87. The summed E-state index contributed by atoms with van der Waals surface area (Å²) in [7, 11) is 0. The van der Waals surface area contributed by atoms with Crippen molar-refractivity contribution in [3.63, 3.8) is 0 Å². The zero-order valence-corrected chi connectivity index (χ0v) is 17.2. The molecule has 3 aliphatic heterocycles. The quantitative estimate of drug-likeness (QED) is 0.787. The molecule has 1 N–H and O–H groups in total. The van der Waals surface area contributed by atoms with Gasteiger partial charge in [-0.3, -0.25) is 19.6 Å². The first kappa shape index (κ1) is 19.3. The number of likely N-dealkylation sites (tertiary alicyclic amines) is 2. The van der Waals surface area contributed by atoms with E-state index in [0.29, 0.717) is 31.5 Å². The Labute approximate surface area is 176 Å². The van der Waals surface area contributed by atoms with Crippen LogP contribution in [0.1, 0.15) is 42.5 Å². The number of cyclic esters (lactones) is 1. The number of esters is 1. The molecule has 7 heteroatoms. The Bertz CT molecular complexity index is 895. The van der Waals surface area contributed by atoms with Gasteiger partial charge in [0.05, 0.1) is 11.1 Å². The topological polar surface area (TPSA) is 78.5 Å². The van der Waals surface area contributed by atoms with Crippen LogP contribution in [0, 0.1) is 5.41 Å². The lowest BCUT2D eigenvalue weighted by Crippen LogP contribution is -2.45. The summed E-state index contributed by atoms with van der Waals surface area (Å²) < 4.78 is 5.75. The average molecular weight is 409 g/mol. The minimum Gasteiger partial charge on any atom is -0.461 e. The largest absolute Gasteiger partial charge is 0.461 e. The number of carbonyl (C=O) groups excluding carboxylic acids is 2. The molecule has 5 rings (SSSR count). The van der Waals surface area contributed by atoms with E-state index in [0.717, 1.165) is 37.3 Å². The van der Waals surface area contributed by atoms with Crippen molar-refractivity contribution in [1.29, 1.82) is 0 Å². The van der Waals surface area contributed by atoms with E-state index in [1.54, 1.807) is 6.20 Å². The van der Waals surface area contributed by atoms with E-state index in [-0.39, 0.29) is 18.0 Å². The molecule has 1 amide bonds. The van der Waals surface area contributed by atoms with E-state index < -0.39 is 5.41 Å². The molecule has 0 radical (unpaired) electrons. The predicted octanol–water partition coefficient (Wildman–Crippen LogP) is 2.71. The van der Waals surface area contributed by atoms with E-state index in [9.17, 15) is 9.59 Å². The highest BCUT2D eigenvalue weighted by atomic mass is 16.6. The second-order valence-electron chi connectivity index (χ2n) is 8.86. The lowest BCUT2D eigenvalue weighted by atomic mass is 9.76. The lowest BCUT2D eigenvalue weighted by molar-refractivity contribution is -0.150. The van der Waals surface area contributed by atoms with Crippen LogP contribution >= 0.6 is 0 Å². The zero-order valence-electron chi connectivity index (χ0n) is 17.2. The summed E-state index contributed by atoms with van der Waals surface area (Å²) in [6.45, 7) is 4.29. The third-order valence-corrected chi connectivity index (χ3v) is 6.94. The molecule has 30 heavy (non-hydrogen) atoms. The third-order valence-electron chi connectivity index (χ3n) is 6.94. The van der Waals surface area contributed by atoms with Crippen molar-refractivity contribution in [2.75, 3.05) is 32.7 Å². The minimum absolute atomic E-state index is 0.00729. The van der Waals surface area contributed by atoms with Gasteiger partial charge in [-0.1, -0.05) is 12.1 Å². The maximum atomic E-state index is 13.0. The van der Waals surface area contributed by atoms with Crippen LogP contribution < -0.4 is 0 Å². The van der Waals surface area contributed by atoms with Crippen molar-refractivity contribution in [3.8, 4) is 11.3 Å². The fourth-order valence-electron chi connectivity index (χ4n) is 5.13. The van der Waals surface area contributed by atoms with Gasteiger partial charge in [0.2, 0.25) is 0 Å². The SMILES string of the molecule is O=C(c1ccc(-c2ccn[nH]2)cc1)N1CCC2(CC1)CC(CN1CCCC1)OC2=O. The molecular weight excluding hydrogens is 380 g/mol. The molecule has 1 aromatic carbocycles. The standard InChI is InChI=1S/C23H28N4O3/c28-21(18-5-3-17(4-6-18)20-7-10-24-25-20)27-13-8-23(9-14-27)15-19(30-22(23)29)16-26-11-1-2-12-26/h3-7,10,19H,1-2,8-9,11-16H2,(H,24,25). The Balaban J connectivity index is 1.19. The van der Waals surface area contributed by atoms with Crippen molar-refractivity contribution in [1.82, 2.24) is 20.0 Å². The molecule has 4 heterocycles. The fourth-order valence-corrected chi connectivity index (χ4v) is 5.13. The number of nitrogens with zero attached hydrogens (tertiary/aromatic N) is 3. The minimum atomic E-state index is -0.397. The van der Waals surface area contributed by atoms with Crippen LogP contribution in [0.2, 0.25) is 0 Å². The molecule has 1 aromatic heterocycles. The number of H-pyrrole nitrogens is 1. The summed E-state index contributed by atoms with van der Waals surface area (Å²) in [4.78, 5) is 29.9. The number of nitrogens with one attached hydrogen (secondary N) is 1. The smallest absolute Gasteiger partial charge is 0.312 e. The molecule has 3 aliphatic rings. The Morgan fingerprint density at radius 3 is 2.50 bits per heavy atom. The van der Waals surface area contributed by atoms with Crippen molar-refractivity contribution >= 4 is 11.9 Å². The maximum absolute atomic E-state index is 13.0. The highest BCUT2D eigenvalue weighted by molar-refractivity contribution is 5.95. The van der Waals surface area contributed by atoms with E-state index in [1.165, 1.54) is 12.8 Å². The number of aromatic amines is 1. The second-order valence-corrected chi connectivity index (χ2v) is 8.86. The number of aromatic nitrogens is 2. The summed E-state index contributed by atoms with van der Waals surface area (Å²) in [5.41, 5.74) is 2.21. The van der Waals surface area contributed by atoms with Gasteiger partial charge < -0.3 is 9.64 Å². The van der Waals surface area contributed by atoms with Gasteiger partial charge in [-0.15, -0.1) is 0 Å². The molecule has 0 aliphatic carbocycles. The fraction of sp³-hybridized carbons (Fsp3) is 0.522. The molecule has 1 atom stereocenters. The molecule has 7 nitrogen and oxygen atoms in total. The monoisotopic (exact) mass is 408 g/mol. The van der Waals surface area contributed by atoms with Crippen molar-refractivity contribution in [2.24, 2.45) is 5.41 Å². The van der Waals surface area contributed by atoms with Crippen LogP contribution in [0.4, 0.5) is 0 Å². The number of benzene rings is 1. The first-order valence-electron chi connectivity index (χ1n) is 11.0. The molecule has 0 bridgehead atoms. The van der Waals surface area contributed by atoms with Crippen LogP contribution in [0.25, 0.3) is 11.3 Å². The van der Waals surface area contributed by atoms with Gasteiger partial charge in [0.15, 0.2) is 0 Å². The molecule has 0 saturated carbocycles.